The molecule has 3 aromatic rings. The molecule has 0 aromatic heterocycles. The lowest BCUT2D eigenvalue weighted by Crippen LogP contribution is -2.23. The molecule has 0 unspecified atom stereocenters. The number of halogens is 4. The van der Waals surface area contributed by atoms with Crippen molar-refractivity contribution < 1.29 is 46.1 Å². The number of alkyl halides is 4. The summed E-state index contributed by atoms with van der Waals surface area (Å²) in [4.78, 5) is 23.0. The number of ether oxygens (including phenoxy) is 4. The van der Waals surface area contributed by atoms with Crippen molar-refractivity contribution in [1.82, 2.24) is 0 Å². The molecule has 3 rings (SSSR count). The molecular formula is C35H40F4O6. The Bertz CT molecular complexity index is 1430. The van der Waals surface area contributed by atoms with Gasteiger partial charge in [-0.1, -0.05) is 65.1 Å². The molecule has 0 bridgehead atoms. The highest BCUT2D eigenvalue weighted by Gasteiger charge is 2.36. The van der Waals surface area contributed by atoms with E-state index in [2.05, 4.69) is 13.2 Å². The Morgan fingerprint density at radius 2 is 1.02 bits per heavy atom. The number of hydrogen-bond acceptors (Lipinski definition) is 6. The second kappa shape index (κ2) is 17.6. The van der Waals surface area contributed by atoms with Crippen molar-refractivity contribution in [1.29, 1.82) is 0 Å². The van der Waals surface area contributed by atoms with Crippen molar-refractivity contribution in [2.24, 2.45) is 0 Å². The second-order valence-corrected chi connectivity index (χ2v) is 9.27. The van der Waals surface area contributed by atoms with Crippen LogP contribution < -0.4 is 9.47 Å². The molecule has 0 aliphatic carbocycles. The zero-order valence-corrected chi connectivity index (χ0v) is 26.6. The van der Waals surface area contributed by atoms with Crippen LogP contribution in [0.1, 0.15) is 69.4 Å². The molecule has 10 heteroatoms. The minimum Gasteiger partial charge on any atom is -0.457 e. The Balaban J connectivity index is 0.00000243. The standard InChI is InChI=1S/C31H28F4O6.2C2H6/c1-19(2)28(36)38-17-22-6-10-24(11-7-22)30(32,33)40-26-14-15-27(21(5)16-26)41-31(34,35)25-12-8-23(9-13-25)18-39-29(37)20(3)4;2*1-2/h6-16H,1,3,17-18H2,2,4-5H3;2*1-2H3. The Morgan fingerprint density at radius 1 is 0.644 bits per heavy atom. The SMILES string of the molecule is C=C(C)C(=O)OCc1ccc(C(F)(F)Oc2ccc(OC(F)(F)c3ccc(COC(=O)C(=C)C)cc3)c(C)c2)cc1.CC.CC. The molecule has 0 spiro atoms. The molecule has 0 saturated carbocycles. The highest BCUT2D eigenvalue weighted by molar-refractivity contribution is 5.87. The zero-order valence-electron chi connectivity index (χ0n) is 26.6. The molecule has 0 fully saturated rings. The highest BCUT2D eigenvalue weighted by atomic mass is 19.3. The topological polar surface area (TPSA) is 71.1 Å². The predicted molar refractivity (Wildman–Crippen MR) is 165 cm³/mol. The fraction of sp³-hybridized carbons (Fsp3) is 0.314. The van der Waals surface area contributed by atoms with E-state index in [4.69, 9.17) is 18.9 Å². The van der Waals surface area contributed by atoms with Crippen molar-refractivity contribution in [3.63, 3.8) is 0 Å². The molecule has 6 nitrogen and oxygen atoms in total. The molecule has 244 valence electrons. The van der Waals surface area contributed by atoms with E-state index >= 15 is 0 Å². The number of aryl methyl sites for hydroxylation is 1. The van der Waals surface area contributed by atoms with Gasteiger partial charge in [0.25, 0.3) is 0 Å². The van der Waals surface area contributed by atoms with Gasteiger partial charge in [-0.3, -0.25) is 0 Å². The number of benzene rings is 3. The van der Waals surface area contributed by atoms with E-state index in [1.165, 1.54) is 45.0 Å². The normalized spacial score (nSPS) is 10.6. The number of hydrogen-bond donors (Lipinski definition) is 0. The third kappa shape index (κ3) is 11.8. The van der Waals surface area contributed by atoms with E-state index in [1.807, 2.05) is 27.7 Å². The van der Waals surface area contributed by atoms with E-state index in [0.29, 0.717) is 11.1 Å². The number of carbonyl (C=O) groups is 2. The van der Waals surface area contributed by atoms with Crippen LogP contribution in [0.5, 0.6) is 11.5 Å². The first-order chi connectivity index (χ1) is 21.2. The Morgan fingerprint density at radius 3 is 1.38 bits per heavy atom. The van der Waals surface area contributed by atoms with Crippen LogP contribution in [0.2, 0.25) is 0 Å². The maximum absolute atomic E-state index is 14.8. The Kier molecular flexibility index (Phi) is 15.1. The van der Waals surface area contributed by atoms with Crippen LogP contribution in [0.15, 0.2) is 91.0 Å². The quantitative estimate of drug-likeness (QED) is 0.113. The summed E-state index contributed by atoms with van der Waals surface area (Å²) < 4.78 is 79.0. The predicted octanol–water partition coefficient (Wildman–Crippen LogP) is 9.54. The van der Waals surface area contributed by atoms with E-state index in [-0.39, 0.29) is 41.4 Å². The minimum atomic E-state index is -3.75. The van der Waals surface area contributed by atoms with Gasteiger partial charge < -0.3 is 18.9 Å². The Labute approximate surface area is 262 Å². The molecule has 45 heavy (non-hydrogen) atoms. The average Bonchev–Trinajstić information content (AvgIpc) is 3.02. The average molecular weight is 633 g/mol. The first-order valence-corrected chi connectivity index (χ1v) is 14.3. The summed E-state index contributed by atoms with van der Waals surface area (Å²) in [5, 5.41) is 0. The summed E-state index contributed by atoms with van der Waals surface area (Å²) in [5.41, 5.74) is 0.608. The second-order valence-electron chi connectivity index (χ2n) is 9.27. The lowest BCUT2D eigenvalue weighted by molar-refractivity contribution is -0.188. The monoisotopic (exact) mass is 632 g/mol. The first-order valence-electron chi connectivity index (χ1n) is 14.3. The van der Waals surface area contributed by atoms with Gasteiger partial charge in [0.15, 0.2) is 0 Å². The molecule has 0 N–H and O–H groups in total. The van der Waals surface area contributed by atoms with Crippen molar-refractivity contribution in [3.8, 4) is 11.5 Å². The smallest absolute Gasteiger partial charge is 0.426 e. The molecule has 0 aliphatic heterocycles. The van der Waals surface area contributed by atoms with Gasteiger partial charge in [-0.15, -0.1) is 0 Å². The maximum Gasteiger partial charge on any atom is 0.426 e. The first kappa shape index (κ1) is 38.4. The molecule has 0 heterocycles. The van der Waals surface area contributed by atoms with E-state index in [9.17, 15) is 27.2 Å². The van der Waals surface area contributed by atoms with Gasteiger partial charge in [-0.2, -0.15) is 17.6 Å². The fourth-order valence-corrected chi connectivity index (χ4v) is 3.34. The van der Waals surface area contributed by atoms with Crippen molar-refractivity contribution >= 4 is 11.9 Å². The van der Waals surface area contributed by atoms with E-state index in [0.717, 1.165) is 42.5 Å². The lowest BCUT2D eigenvalue weighted by atomic mass is 10.1. The van der Waals surface area contributed by atoms with Crippen LogP contribution in [-0.2, 0) is 44.5 Å². The van der Waals surface area contributed by atoms with Gasteiger partial charge in [0.2, 0.25) is 0 Å². The van der Waals surface area contributed by atoms with Gasteiger partial charge >= 0.3 is 24.2 Å². The molecule has 0 atom stereocenters. The van der Waals surface area contributed by atoms with Crippen LogP contribution in [0, 0.1) is 6.92 Å². The molecule has 0 amide bonds. The minimum absolute atomic E-state index is 0.112. The van der Waals surface area contributed by atoms with Crippen LogP contribution in [-0.4, -0.2) is 11.9 Å². The van der Waals surface area contributed by atoms with Gasteiger partial charge in [-0.05, 0) is 79.9 Å². The number of carbonyl (C=O) groups excluding carboxylic acids is 2. The van der Waals surface area contributed by atoms with E-state index in [1.54, 1.807) is 0 Å². The van der Waals surface area contributed by atoms with Crippen LogP contribution in [0.25, 0.3) is 0 Å². The number of esters is 2. The zero-order chi connectivity index (χ0) is 34.4. The third-order valence-corrected chi connectivity index (χ3v) is 5.65. The van der Waals surface area contributed by atoms with Crippen LogP contribution >= 0.6 is 0 Å². The molecule has 3 aromatic carbocycles. The summed E-state index contributed by atoms with van der Waals surface area (Å²) in [6.07, 6.45) is -7.49. The summed E-state index contributed by atoms with van der Waals surface area (Å²) in [6.45, 7) is 19.1. The molecule has 0 saturated heterocycles. The van der Waals surface area contributed by atoms with Gasteiger partial charge in [0.05, 0.1) is 11.1 Å². The van der Waals surface area contributed by atoms with Gasteiger partial charge in [0.1, 0.15) is 24.7 Å². The van der Waals surface area contributed by atoms with Crippen molar-refractivity contribution in [2.45, 2.75) is 73.9 Å². The van der Waals surface area contributed by atoms with Crippen LogP contribution in [0.3, 0.4) is 0 Å². The Hall–Kier alpha value is -4.60. The maximum atomic E-state index is 14.8. The summed E-state index contributed by atoms with van der Waals surface area (Å²) in [6, 6.07) is 13.3. The van der Waals surface area contributed by atoms with Crippen LogP contribution in [0.4, 0.5) is 17.6 Å². The van der Waals surface area contributed by atoms with Crippen molar-refractivity contribution in [3.05, 3.63) is 119 Å². The summed E-state index contributed by atoms with van der Waals surface area (Å²) in [7, 11) is 0. The summed E-state index contributed by atoms with van der Waals surface area (Å²) >= 11 is 0. The largest absolute Gasteiger partial charge is 0.457 e. The van der Waals surface area contributed by atoms with Gasteiger partial charge in [0, 0.05) is 11.1 Å². The lowest BCUT2D eigenvalue weighted by Gasteiger charge is -2.22. The molecular weight excluding hydrogens is 592 g/mol. The molecule has 0 radical (unpaired) electrons. The van der Waals surface area contributed by atoms with Gasteiger partial charge in [-0.25, -0.2) is 9.59 Å². The third-order valence-electron chi connectivity index (χ3n) is 5.65. The number of rotatable bonds is 12. The highest BCUT2D eigenvalue weighted by Crippen LogP contribution is 2.37. The molecule has 0 aliphatic rings. The van der Waals surface area contributed by atoms with E-state index < -0.39 is 35.3 Å². The van der Waals surface area contributed by atoms with Crippen molar-refractivity contribution in [2.75, 3.05) is 0 Å². The summed E-state index contributed by atoms with van der Waals surface area (Å²) in [5.74, 6) is -1.70. The fourth-order valence-electron chi connectivity index (χ4n) is 3.34.